The molecule has 1 aromatic carbocycles. The maximum atomic E-state index is 13.2. The van der Waals surface area contributed by atoms with Crippen LogP contribution in [0.3, 0.4) is 0 Å². The van der Waals surface area contributed by atoms with Crippen LogP contribution in [0.2, 0.25) is 0 Å². The summed E-state index contributed by atoms with van der Waals surface area (Å²) in [5.41, 5.74) is -1.34. The number of hydrogen-bond donors (Lipinski definition) is 0. The van der Waals surface area contributed by atoms with Crippen molar-refractivity contribution in [2.75, 3.05) is 0 Å². The third-order valence-electron chi connectivity index (χ3n) is 1.90. The van der Waals surface area contributed by atoms with E-state index in [1.54, 1.807) is 0 Å². The van der Waals surface area contributed by atoms with E-state index in [2.05, 4.69) is 4.99 Å². The van der Waals surface area contributed by atoms with Crippen LogP contribution in [-0.2, 0) is 4.79 Å². The Balaban J connectivity index is 3.67. The van der Waals surface area contributed by atoms with Crippen molar-refractivity contribution in [3.05, 3.63) is 28.6 Å². The van der Waals surface area contributed by atoms with Gasteiger partial charge in [-0.25, -0.2) is 18.0 Å². The van der Waals surface area contributed by atoms with Gasteiger partial charge in [0.2, 0.25) is 6.08 Å². The highest BCUT2D eigenvalue weighted by Crippen LogP contribution is 2.29. The van der Waals surface area contributed by atoms with E-state index < -0.39 is 28.7 Å². The molecule has 0 fully saturated rings. The monoisotopic (exact) mass is 201 g/mol. The molecule has 0 aliphatic heterocycles. The van der Waals surface area contributed by atoms with Gasteiger partial charge in [-0.05, 0) is 13.8 Å². The molecule has 0 radical (unpaired) electrons. The van der Waals surface area contributed by atoms with Gasteiger partial charge in [-0.2, -0.15) is 4.99 Å². The van der Waals surface area contributed by atoms with Crippen molar-refractivity contribution in [2.45, 2.75) is 13.8 Å². The van der Waals surface area contributed by atoms with E-state index in [4.69, 9.17) is 0 Å². The van der Waals surface area contributed by atoms with Gasteiger partial charge in [0.25, 0.3) is 0 Å². The lowest BCUT2D eigenvalue weighted by Crippen LogP contribution is -1.98. The molecule has 5 heteroatoms. The van der Waals surface area contributed by atoms with Gasteiger partial charge in [0, 0.05) is 11.1 Å². The van der Waals surface area contributed by atoms with Gasteiger partial charge >= 0.3 is 0 Å². The molecule has 0 unspecified atom stereocenters. The third kappa shape index (κ3) is 1.42. The molecule has 0 heterocycles. The number of benzene rings is 1. The SMILES string of the molecule is Cc1c(F)c(F)c(C)c(N=C=O)c1F. The zero-order valence-corrected chi connectivity index (χ0v) is 7.49. The van der Waals surface area contributed by atoms with E-state index in [1.165, 1.54) is 0 Å². The second-order valence-electron chi connectivity index (χ2n) is 2.74. The van der Waals surface area contributed by atoms with E-state index >= 15 is 0 Å². The Bertz CT molecular complexity index is 407. The van der Waals surface area contributed by atoms with Crippen LogP contribution in [0.25, 0.3) is 0 Å². The lowest BCUT2D eigenvalue weighted by atomic mass is 10.1. The molecule has 1 aromatic rings. The first-order valence-electron chi connectivity index (χ1n) is 3.72. The molecule has 0 spiro atoms. The van der Waals surface area contributed by atoms with Gasteiger partial charge in [0.05, 0.1) is 0 Å². The van der Waals surface area contributed by atoms with Gasteiger partial charge < -0.3 is 0 Å². The van der Waals surface area contributed by atoms with Crippen molar-refractivity contribution in [2.24, 2.45) is 4.99 Å². The molecule has 0 aliphatic carbocycles. The Hall–Kier alpha value is -1.61. The topological polar surface area (TPSA) is 29.4 Å². The van der Waals surface area contributed by atoms with Crippen LogP contribution in [0.4, 0.5) is 18.9 Å². The van der Waals surface area contributed by atoms with Crippen LogP contribution in [-0.4, -0.2) is 6.08 Å². The van der Waals surface area contributed by atoms with Crippen molar-refractivity contribution in [3.8, 4) is 0 Å². The van der Waals surface area contributed by atoms with Crippen LogP contribution in [0.1, 0.15) is 11.1 Å². The van der Waals surface area contributed by atoms with Crippen LogP contribution < -0.4 is 0 Å². The van der Waals surface area contributed by atoms with E-state index in [0.29, 0.717) is 0 Å². The first-order valence-corrected chi connectivity index (χ1v) is 3.72. The van der Waals surface area contributed by atoms with Gasteiger partial charge in [-0.3, -0.25) is 0 Å². The normalized spacial score (nSPS) is 9.79. The second kappa shape index (κ2) is 3.64. The van der Waals surface area contributed by atoms with Crippen molar-refractivity contribution in [3.63, 3.8) is 0 Å². The van der Waals surface area contributed by atoms with E-state index in [1.807, 2.05) is 0 Å². The molecule has 0 bridgehead atoms. The predicted molar refractivity (Wildman–Crippen MR) is 43.6 cm³/mol. The number of rotatable bonds is 1. The van der Waals surface area contributed by atoms with Gasteiger partial charge in [0.1, 0.15) is 5.69 Å². The molecule has 0 saturated carbocycles. The molecule has 0 saturated heterocycles. The lowest BCUT2D eigenvalue weighted by molar-refractivity contribution is 0.481. The summed E-state index contributed by atoms with van der Waals surface area (Å²) in [5.74, 6) is -3.49. The second-order valence-corrected chi connectivity index (χ2v) is 2.74. The first kappa shape index (κ1) is 10.5. The molecule has 0 amide bonds. The highest BCUT2D eigenvalue weighted by Gasteiger charge is 2.19. The molecular weight excluding hydrogens is 195 g/mol. The first-order chi connectivity index (χ1) is 6.50. The predicted octanol–water partition coefficient (Wildman–Crippen LogP) is 2.69. The molecule has 0 aromatic heterocycles. The van der Waals surface area contributed by atoms with Crippen LogP contribution >= 0.6 is 0 Å². The number of nitrogens with zero attached hydrogens (tertiary/aromatic N) is 1. The summed E-state index contributed by atoms with van der Waals surface area (Å²) in [6, 6.07) is 0. The van der Waals surface area contributed by atoms with Crippen molar-refractivity contribution >= 4 is 11.8 Å². The highest BCUT2D eigenvalue weighted by molar-refractivity contribution is 5.56. The Morgan fingerprint density at radius 3 is 2.00 bits per heavy atom. The van der Waals surface area contributed by atoms with E-state index in [0.717, 1.165) is 19.9 Å². The summed E-state index contributed by atoms with van der Waals surface area (Å²) in [4.78, 5) is 12.9. The molecule has 2 nitrogen and oxygen atoms in total. The standard InChI is InChI=1S/C9H6F3NO/c1-4-6(10)7(11)5(2)9(8(4)12)13-3-14/h1-2H3. The fourth-order valence-electron chi connectivity index (χ4n) is 1.05. The van der Waals surface area contributed by atoms with E-state index in [-0.39, 0.29) is 5.56 Å². The third-order valence-corrected chi connectivity index (χ3v) is 1.90. The zero-order chi connectivity index (χ0) is 10.9. The summed E-state index contributed by atoms with van der Waals surface area (Å²) >= 11 is 0. The molecule has 0 aliphatic rings. The van der Waals surface area contributed by atoms with Gasteiger partial charge in [-0.15, -0.1) is 0 Å². The van der Waals surface area contributed by atoms with Crippen molar-refractivity contribution in [1.29, 1.82) is 0 Å². The largest absolute Gasteiger partial charge is 0.240 e. The molecular formula is C9H6F3NO. The molecule has 1 rings (SSSR count). The molecule has 74 valence electrons. The maximum Gasteiger partial charge on any atom is 0.240 e. The smallest absolute Gasteiger partial charge is 0.211 e. The summed E-state index contributed by atoms with van der Waals surface area (Å²) in [6.07, 6.45) is 1.09. The summed E-state index contributed by atoms with van der Waals surface area (Å²) < 4.78 is 39.2. The summed E-state index contributed by atoms with van der Waals surface area (Å²) in [7, 11) is 0. The van der Waals surface area contributed by atoms with Crippen LogP contribution in [0, 0.1) is 31.3 Å². The van der Waals surface area contributed by atoms with Crippen LogP contribution in [0.5, 0.6) is 0 Å². The fraction of sp³-hybridized carbons (Fsp3) is 0.222. The van der Waals surface area contributed by atoms with Gasteiger partial charge in [0.15, 0.2) is 17.5 Å². The number of hydrogen-bond acceptors (Lipinski definition) is 2. The number of carbonyl (C=O) groups excluding carboxylic acids is 1. The molecule has 0 atom stereocenters. The maximum absolute atomic E-state index is 13.2. The van der Waals surface area contributed by atoms with E-state index in [9.17, 15) is 18.0 Å². The Morgan fingerprint density at radius 1 is 1.00 bits per heavy atom. The molecule has 0 N–H and O–H groups in total. The molecule has 14 heavy (non-hydrogen) atoms. The van der Waals surface area contributed by atoms with Crippen LogP contribution in [0.15, 0.2) is 4.99 Å². The fourth-order valence-corrected chi connectivity index (χ4v) is 1.05. The zero-order valence-electron chi connectivity index (χ0n) is 7.49. The Kier molecular flexibility index (Phi) is 2.72. The minimum atomic E-state index is -1.26. The number of aliphatic imine (C=N–C) groups is 1. The van der Waals surface area contributed by atoms with Crippen molar-refractivity contribution in [1.82, 2.24) is 0 Å². The van der Waals surface area contributed by atoms with Gasteiger partial charge in [-0.1, -0.05) is 0 Å². The van der Waals surface area contributed by atoms with Crippen molar-refractivity contribution < 1.29 is 18.0 Å². The minimum absolute atomic E-state index is 0.339. The summed E-state index contributed by atoms with van der Waals surface area (Å²) in [5, 5.41) is 0. The number of halogens is 3. The average Bonchev–Trinajstić information content (AvgIpc) is 2.19. The lowest BCUT2D eigenvalue weighted by Gasteiger charge is -2.06. The Morgan fingerprint density at radius 2 is 1.50 bits per heavy atom. The summed E-state index contributed by atoms with van der Waals surface area (Å²) in [6.45, 7) is 2.20. The number of isocyanates is 1. The minimum Gasteiger partial charge on any atom is -0.211 e. The quantitative estimate of drug-likeness (QED) is 0.390. The highest BCUT2D eigenvalue weighted by atomic mass is 19.2. The average molecular weight is 201 g/mol. The Labute approximate surface area is 78.1 Å².